The van der Waals surface area contributed by atoms with Gasteiger partial charge in [-0.15, -0.1) is 0 Å². The molecule has 0 aromatic carbocycles. The van der Waals surface area contributed by atoms with Gasteiger partial charge in [-0.25, -0.2) is 9.97 Å². The molecule has 7 heteroatoms. The van der Waals surface area contributed by atoms with Crippen molar-refractivity contribution in [3.8, 4) is 0 Å². The number of hydrogen-bond acceptors (Lipinski definition) is 6. The number of halogens is 1. The Bertz CT molecular complexity index is 433. The van der Waals surface area contributed by atoms with E-state index in [1.165, 1.54) is 6.33 Å². The van der Waals surface area contributed by atoms with Gasteiger partial charge in [-0.1, -0.05) is 11.6 Å². The van der Waals surface area contributed by atoms with E-state index in [9.17, 15) is 0 Å². The summed E-state index contributed by atoms with van der Waals surface area (Å²) in [6.45, 7) is 3.93. The molecule has 0 radical (unpaired) electrons. The largest absolute Gasteiger partial charge is 0.383 e. The smallest absolute Gasteiger partial charge is 0.157 e. The Morgan fingerprint density at radius 2 is 2.30 bits per heavy atom. The number of nitrogens with one attached hydrogen (secondary N) is 1. The molecule has 1 aromatic rings. The topological polar surface area (TPSA) is 59.5 Å². The van der Waals surface area contributed by atoms with Gasteiger partial charge < -0.3 is 19.7 Å². The highest BCUT2D eigenvalue weighted by Gasteiger charge is 2.26. The molecule has 0 bridgehead atoms. The van der Waals surface area contributed by atoms with E-state index in [0.717, 1.165) is 37.6 Å². The number of aromatic nitrogens is 2. The highest BCUT2D eigenvalue weighted by atomic mass is 35.5. The Morgan fingerprint density at radius 3 is 3.05 bits per heavy atom. The van der Waals surface area contributed by atoms with Crippen molar-refractivity contribution in [2.45, 2.75) is 6.42 Å². The first-order valence-corrected chi connectivity index (χ1v) is 7.14. The summed E-state index contributed by atoms with van der Waals surface area (Å²) in [6, 6.07) is 0. The standard InChI is InChI=1S/C13H21ClN4O2/c1-15-11-12(14)16-9-17-13(11)18-4-3-10(7-18)8-20-6-5-19-2/h9-10,15H,3-8H2,1-2H3. The minimum absolute atomic E-state index is 0.456. The third kappa shape index (κ3) is 3.71. The van der Waals surface area contributed by atoms with Crippen LogP contribution < -0.4 is 10.2 Å². The van der Waals surface area contributed by atoms with Gasteiger partial charge in [0, 0.05) is 33.2 Å². The van der Waals surface area contributed by atoms with Gasteiger partial charge >= 0.3 is 0 Å². The Labute approximate surface area is 124 Å². The second-order valence-electron chi connectivity index (χ2n) is 4.78. The molecule has 1 N–H and O–H groups in total. The molecule has 1 fully saturated rings. The fraction of sp³-hybridized carbons (Fsp3) is 0.692. The maximum absolute atomic E-state index is 6.08. The molecular formula is C13H21ClN4O2. The average Bonchev–Trinajstić information content (AvgIpc) is 2.92. The summed E-state index contributed by atoms with van der Waals surface area (Å²) in [7, 11) is 3.51. The first kappa shape index (κ1) is 15.3. The average molecular weight is 301 g/mol. The quantitative estimate of drug-likeness (QED) is 0.610. The summed E-state index contributed by atoms with van der Waals surface area (Å²) in [5.74, 6) is 1.39. The Kier molecular flexibility index (Phi) is 5.82. The summed E-state index contributed by atoms with van der Waals surface area (Å²) in [6.07, 6.45) is 2.60. The van der Waals surface area contributed by atoms with Gasteiger partial charge in [0.2, 0.25) is 0 Å². The molecule has 2 rings (SSSR count). The van der Waals surface area contributed by atoms with E-state index in [1.54, 1.807) is 7.11 Å². The van der Waals surface area contributed by atoms with E-state index < -0.39 is 0 Å². The third-order valence-electron chi connectivity index (χ3n) is 3.40. The van der Waals surface area contributed by atoms with Crippen molar-refractivity contribution < 1.29 is 9.47 Å². The van der Waals surface area contributed by atoms with Crippen LogP contribution in [0.4, 0.5) is 11.5 Å². The van der Waals surface area contributed by atoms with Crippen LogP contribution in [0.5, 0.6) is 0 Å². The monoisotopic (exact) mass is 300 g/mol. The number of nitrogens with zero attached hydrogens (tertiary/aromatic N) is 3. The van der Waals surface area contributed by atoms with E-state index in [2.05, 4.69) is 20.2 Å². The summed E-state index contributed by atoms with van der Waals surface area (Å²) in [4.78, 5) is 10.6. The molecule has 6 nitrogen and oxygen atoms in total. The van der Waals surface area contributed by atoms with Crippen molar-refractivity contribution in [3.05, 3.63) is 11.5 Å². The lowest BCUT2D eigenvalue weighted by molar-refractivity contribution is 0.0549. The zero-order valence-corrected chi connectivity index (χ0v) is 12.7. The Morgan fingerprint density at radius 1 is 1.45 bits per heavy atom. The van der Waals surface area contributed by atoms with Crippen LogP contribution in [0.25, 0.3) is 0 Å². The van der Waals surface area contributed by atoms with Crippen molar-refractivity contribution >= 4 is 23.1 Å². The van der Waals surface area contributed by atoms with Gasteiger partial charge in [0.25, 0.3) is 0 Å². The predicted octanol–water partition coefficient (Wildman–Crippen LogP) is 1.66. The molecule has 1 aromatic heterocycles. The lowest BCUT2D eigenvalue weighted by atomic mass is 10.1. The van der Waals surface area contributed by atoms with Gasteiger partial charge in [-0.2, -0.15) is 0 Å². The molecule has 0 aliphatic carbocycles. The van der Waals surface area contributed by atoms with Crippen LogP contribution in [-0.4, -0.2) is 57.0 Å². The van der Waals surface area contributed by atoms with E-state index in [1.807, 2.05) is 7.05 Å². The van der Waals surface area contributed by atoms with Crippen molar-refractivity contribution in [1.29, 1.82) is 0 Å². The maximum atomic E-state index is 6.08. The number of anilines is 2. The van der Waals surface area contributed by atoms with Gasteiger partial charge in [0.15, 0.2) is 11.0 Å². The van der Waals surface area contributed by atoms with Crippen LogP contribution in [0, 0.1) is 5.92 Å². The van der Waals surface area contributed by atoms with Crippen LogP contribution in [0.2, 0.25) is 5.15 Å². The van der Waals surface area contributed by atoms with E-state index in [0.29, 0.717) is 24.3 Å². The van der Waals surface area contributed by atoms with Crippen LogP contribution in [0.15, 0.2) is 6.33 Å². The lowest BCUT2D eigenvalue weighted by Crippen LogP contribution is -2.23. The predicted molar refractivity (Wildman–Crippen MR) is 79.6 cm³/mol. The summed E-state index contributed by atoms with van der Waals surface area (Å²) in [5, 5.41) is 3.52. The molecule has 20 heavy (non-hydrogen) atoms. The van der Waals surface area contributed by atoms with Crippen molar-refractivity contribution in [3.63, 3.8) is 0 Å². The van der Waals surface area contributed by atoms with Gasteiger partial charge in [-0.3, -0.25) is 0 Å². The maximum Gasteiger partial charge on any atom is 0.157 e. The Balaban J connectivity index is 1.91. The number of hydrogen-bond donors (Lipinski definition) is 1. The summed E-state index contributed by atoms with van der Waals surface area (Å²) < 4.78 is 10.6. The molecule has 1 aliphatic heterocycles. The second kappa shape index (κ2) is 7.61. The van der Waals surface area contributed by atoms with Crippen LogP contribution >= 0.6 is 11.6 Å². The molecule has 1 saturated heterocycles. The zero-order chi connectivity index (χ0) is 14.4. The molecule has 1 aliphatic rings. The molecule has 1 atom stereocenters. The van der Waals surface area contributed by atoms with Gasteiger partial charge in [-0.05, 0) is 6.42 Å². The first-order valence-electron chi connectivity index (χ1n) is 6.76. The molecule has 0 saturated carbocycles. The molecule has 2 heterocycles. The molecule has 0 amide bonds. The zero-order valence-electron chi connectivity index (χ0n) is 11.9. The van der Waals surface area contributed by atoms with Crippen LogP contribution in [0.1, 0.15) is 6.42 Å². The fourth-order valence-corrected chi connectivity index (χ4v) is 2.59. The van der Waals surface area contributed by atoms with E-state index in [4.69, 9.17) is 21.1 Å². The highest BCUT2D eigenvalue weighted by Crippen LogP contribution is 2.32. The molecular weight excluding hydrogens is 280 g/mol. The van der Waals surface area contributed by atoms with Crippen molar-refractivity contribution in [2.75, 3.05) is 57.3 Å². The minimum atomic E-state index is 0.456. The normalized spacial score (nSPS) is 18.6. The first-order chi connectivity index (χ1) is 9.76. The fourth-order valence-electron chi connectivity index (χ4n) is 2.36. The summed E-state index contributed by atoms with van der Waals surface area (Å²) >= 11 is 6.08. The number of methoxy groups -OCH3 is 1. The van der Waals surface area contributed by atoms with Gasteiger partial charge in [0.1, 0.15) is 12.0 Å². The highest BCUT2D eigenvalue weighted by molar-refractivity contribution is 6.32. The molecule has 112 valence electrons. The number of rotatable bonds is 7. The van der Waals surface area contributed by atoms with E-state index in [-0.39, 0.29) is 0 Å². The number of ether oxygens (including phenoxy) is 2. The summed E-state index contributed by atoms with van der Waals surface area (Å²) in [5.41, 5.74) is 0.787. The van der Waals surface area contributed by atoms with Gasteiger partial charge in [0.05, 0.1) is 19.8 Å². The molecule has 0 spiro atoms. The molecule has 1 unspecified atom stereocenters. The SMILES string of the molecule is CNc1c(Cl)ncnc1N1CCC(COCCOC)C1. The third-order valence-corrected chi connectivity index (χ3v) is 3.69. The van der Waals surface area contributed by atoms with Crippen molar-refractivity contribution in [1.82, 2.24) is 9.97 Å². The van der Waals surface area contributed by atoms with E-state index >= 15 is 0 Å². The van der Waals surface area contributed by atoms with Crippen molar-refractivity contribution in [2.24, 2.45) is 5.92 Å². The lowest BCUT2D eigenvalue weighted by Gasteiger charge is -2.20. The second-order valence-corrected chi connectivity index (χ2v) is 5.14. The minimum Gasteiger partial charge on any atom is -0.383 e. The Hall–Kier alpha value is -1.11. The van der Waals surface area contributed by atoms with Crippen LogP contribution in [0.3, 0.4) is 0 Å². The van der Waals surface area contributed by atoms with Crippen LogP contribution in [-0.2, 0) is 9.47 Å².